The van der Waals surface area contributed by atoms with E-state index in [1.54, 1.807) is 24.4 Å². The first-order valence-corrected chi connectivity index (χ1v) is 4.43. The largest absolute Gasteiger partial charge is 0.255 e. The van der Waals surface area contributed by atoms with Crippen LogP contribution in [0.5, 0.6) is 0 Å². The number of halogens is 2. The van der Waals surface area contributed by atoms with Gasteiger partial charge in [0.25, 0.3) is 0 Å². The van der Waals surface area contributed by atoms with E-state index < -0.39 is 5.82 Å². The second kappa shape index (κ2) is 3.76. The summed E-state index contributed by atoms with van der Waals surface area (Å²) in [5.41, 5.74) is 1.64. The first-order chi connectivity index (χ1) is 6.77. The molecule has 2 aromatic rings. The predicted molar refractivity (Wildman–Crippen MR) is 53.5 cm³/mol. The molecule has 0 saturated carbocycles. The third-order valence-corrected chi connectivity index (χ3v) is 2.18. The lowest BCUT2D eigenvalue weighted by Gasteiger charge is -2.01. The van der Waals surface area contributed by atoms with E-state index in [1.165, 1.54) is 12.1 Å². The smallest absolute Gasteiger partial charge is 0.142 e. The van der Waals surface area contributed by atoms with E-state index in [0.717, 1.165) is 11.1 Å². The molecule has 1 heterocycles. The van der Waals surface area contributed by atoms with Gasteiger partial charge < -0.3 is 0 Å². The fourth-order valence-electron chi connectivity index (χ4n) is 1.17. The third kappa shape index (κ3) is 1.75. The van der Waals surface area contributed by atoms with Crippen molar-refractivity contribution in [2.75, 3.05) is 0 Å². The molecule has 0 saturated heterocycles. The van der Waals surface area contributed by atoms with E-state index in [4.69, 9.17) is 11.6 Å². The molecule has 0 aliphatic carbocycles. The molecule has 0 spiro atoms. The Balaban J connectivity index is 2.48. The van der Waals surface area contributed by atoms with Crippen LogP contribution in [-0.2, 0) is 0 Å². The van der Waals surface area contributed by atoms with Crippen molar-refractivity contribution < 1.29 is 4.39 Å². The van der Waals surface area contributed by atoms with Crippen LogP contribution in [-0.4, -0.2) is 4.98 Å². The fraction of sp³-hybridized carbons (Fsp3) is 0. The Morgan fingerprint density at radius 3 is 2.71 bits per heavy atom. The third-order valence-electron chi connectivity index (χ3n) is 1.88. The average Bonchev–Trinajstić information content (AvgIpc) is 2.23. The standard InChI is InChI=1S/C11H6ClFN/c12-10-2-1-9(7-11(10)13)8-3-5-14-6-4-8/h1-5,7H. The first-order valence-electron chi connectivity index (χ1n) is 4.05. The van der Waals surface area contributed by atoms with Gasteiger partial charge in [-0.2, -0.15) is 0 Å². The average molecular weight is 207 g/mol. The Bertz CT molecular complexity index is 442. The quantitative estimate of drug-likeness (QED) is 0.698. The SMILES string of the molecule is Fc1cc(-c2c[c]ncc2)ccc1Cl. The second-order valence-electron chi connectivity index (χ2n) is 2.80. The molecule has 0 unspecified atom stereocenters. The Hall–Kier alpha value is -1.41. The minimum Gasteiger partial charge on any atom is -0.255 e. The molecule has 0 fully saturated rings. The summed E-state index contributed by atoms with van der Waals surface area (Å²) in [6.07, 6.45) is 4.30. The summed E-state index contributed by atoms with van der Waals surface area (Å²) < 4.78 is 13.1. The minimum absolute atomic E-state index is 0.131. The van der Waals surface area contributed by atoms with Gasteiger partial charge in [0.1, 0.15) is 5.82 Å². The van der Waals surface area contributed by atoms with Crippen molar-refractivity contribution in [1.29, 1.82) is 0 Å². The van der Waals surface area contributed by atoms with Crippen LogP contribution >= 0.6 is 11.6 Å². The summed E-state index contributed by atoms with van der Waals surface area (Å²) >= 11 is 5.57. The zero-order valence-corrected chi connectivity index (χ0v) is 7.92. The van der Waals surface area contributed by atoms with E-state index in [-0.39, 0.29) is 5.02 Å². The van der Waals surface area contributed by atoms with Gasteiger partial charge in [-0.25, -0.2) is 4.39 Å². The number of hydrogen-bond acceptors (Lipinski definition) is 1. The number of benzene rings is 1. The summed E-state index contributed by atoms with van der Waals surface area (Å²) in [6.45, 7) is 0. The zero-order chi connectivity index (χ0) is 9.97. The topological polar surface area (TPSA) is 12.9 Å². The fourth-order valence-corrected chi connectivity index (χ4v) is 1.29. The lowest BCUT2D eigenvalue weighted by molar-refractivity contribution is 0.629. The van der Waals surface area contributed by atoms with Crippen molar-refractivity contribution in [1.82, 2.24) is 4.98 Å². The van der Waals surface area contributed by atoms with Crippen molar-refractivity contribution in [3.63, 3.8) is 0 Å². The maximum Gasteiger partial charge on any atom is 0.142 e. The molecule has 3 heteroatoms. The molecule has 0 aliphatic rings. The highest BCUT2D eigenvalue weighted by Crippen LogP contribution is 2.23. The normalized spacial score (nSPS) is 10.1. The van der Waals surface area contributed by atoms with Crippen molar-refractivity contribution in [3.05, 3.63) is 53.6 Å². The molecule has 0 amide bonds. The Kier molecular flexibility index (Phi) is 2.46. The monoisotopic (exact) mass is 206 g/mol. The first kappa shape index (κ1) is 9.16. The van der Waals surface area contributed by atoms with E-state index in [2.05, 4.69) is 11.2 Å². The maximum absolute atomic E-state index is 13.1. The summed E-state index contributed by atoms with van der Waals surface area (Å²) in [7, 11) is 0. The van der Waals surface area contributed by atoms with Crippen LogP contribution in [0.1, 0.15) is 0 Å². The van der Waals surface area contributed by atoms with Crippen LogP contribution in [0.15, 0.2) is 36.5 Å². The molecule has 69 valence electrons. The van der Waals surface area contributed by atoms with Gasteiger partial charge in [-0.3, -0.25) is 4.98 Å². The van der Waals surface area contributed by atoms with Gasteiger partial charge in [-0.15, -0.1) is 0 Å². The molecular formula is C11H6ClFN. The molecule has 1 aromatic carbocycles. The van der Waals surface area contributed by atoms with Crippen molar-refractivity contribution in [2.24, 2.45) is 0 Å². The van der Waals surface area contributed by atoms with Crippen LogP contribution in [0.4, 0.5) is 4.39 Å². The maximum atomic E-state index is 13.1. The van der Waals surface area contributed by atoms with Crippen LogP contribution in [0, 0.1) is 12.0 Å². The van der Waals surface area contributed by atoms with Crippen molar-refractivity contribution >= 4 is 11.6 Å². The Morgan fingerprint density at radius 2 is 2.07 bits per heavy atom. The summed E-state index contributed by atoms with van der Waals surface area (Å²) in [6, 6.07) is 8.18. The summed E-state index contributed by atoms with van der Waals surface area (Å²) in [5.74, 6) is -0.416. The molecule has 1 nitrogen and oxygen atoms in total. The second-order valence-corrected chi connectivity index (χ2v) is 3.21. The van der Waals surface area contributed by atoms with Gasteiger partial charge in [0, 0.05) is 6.20 Å². The van der Waals surface area contributed by atoms with Gasteiger partial charge >= 0.3 is 0 Å². The Labute approximate surface area is 86.2 Å². The van der Waals surface area contributed by atoms with Gasteiger partial charge in [0.2, 0.25) is 0 Å². The lowest BCUT2D eigenvalue weighted by atomic mass is 10.1. The molecular weight excluding hydrogens is 201 g/mol. The van der Waals surface area contributed by atoms with Crippen molar-refractivity contribution in [3.8, 4) is 11.1 Å². The summed E-state index contributed by atoms with van der Waals surface area (Å²) in [5, 5.41) is 0.131. The van der Waals surface area contributed by atoms with Crippen LogP contribution < -0.4 is 0 Å². The number of pyridine rings is 1. The molecule has 14 heavy (non-hydrogen) atoms. The van der Waals surface area contributed by atoms with Gasteiger partial charge in [-0.05, 0) is 35.4 Å². The molecule has 0 N–H and O–H groups in total. The van der Waals surface area contributed by atoms with Gasteiger partial charge in [0.15, 0.2) is 0 Å². The van der Waals surface area contributed by atoms with Crippen LogP contribution in [0.25, 0.3) is 11.1 Å². The van der Waals surface area contributed by atoms with E-state index in [0.29, 0.717) is 0 Å². The molecule has 2 rings (SSSR count). The molecule has 1 radical (unpaired) electrons. The van der Waals surface area contributed by atoms with Crippen molar-refractivity contribution in [2.45, 2.75) is 0 Å². The molecule has 0 aliphatic heterocycles. The number of nitrogens with zero attached hydrogens (tertiary/aromatic N) is 1. The van der Waals surface area contributed by atoms with Crippen LogP contribution in [0.2, 0.25) is 5.02 Å². The highest BCUT2D eigenvalue weighted by atomic mass is 35.5. The highest BCUT2D eigenvalue weighted by Gasteiger charge is 2.02. The predicted octanol–water partition coefficient (Wildman–Crippen LogP) is 3.34. The molecule has 0 atom stereocenters. The highest BCUT2D eigenvalue weighted by molar-refractivity contribution is 6.30. The number of aromatic nitrogens is 1. The van der Waals surface area contributed by atoms with Gasteiger partial charge in [0.05, 0.1) is 11.2 Å². The minimum atomic E-state index is -0.416. The molecule has 1 aromatic heterocycles. The lowest BCUT2D eigenvalue weighted by Crippen LogP contribution is -1.81. The van der Waals surface area contributed by atoms with Crippen LogP contribution in [0.3, 0.4) is 0 Å². The molecule has 0 bridgehead atoms. The van der Waals surface area contributed by atoms with E-state index in [1.807, 2.05) is 0 Å². The summed E-state index contributed by atoms with van der Waals surface area (Å²) in [4.78, 5) is 3.77. The van der Waals surface area contributed by atoms with Gasteiger partial charge in [-0.1, -0.05) is 17.7 Å². The number of rotatable bonds is 1. The zero-order valence-electron chi connectivity index (χ0n) is 7.17. The number of hydrogen-bond donors (Lipinski definition) is 0. The van der Waals surface area contributed by atoms with E-state index in [9.17, 15) is 4.39 Å². The van der Waals surface area contributed by atoms with E-state index >= 15 is 0 Å². The Morgan fingerprint density at radius 1 is 1.21 bits per heavy atom.